The van der Waals surface area contributed by atoms with Crippen molar-refractivity contribution in [3.63, 3.8) is 0 Å². The highest BCUT2D eigenvalue weighted by Crippen LogP contribution is 2.04. The van der Waals surface area contributed by atoms with Crippen molar-refractivity contribution in [1.82, 2.24) is 4.98 Å². The zero-order chi connectivity index (χ0) is 9.52. The molecule has 1 aromatic heterocycles. The van der Waals surface area contributed by atoms with Gasteiger partial charge in [0.15, 0.2) is 0 Å². The Hall–Kier alpha value is -1.37. The lowest BCUT2D eigenvalue weighted by molar-refractivity contribution is 0.958. The minimum absolute atomic E-state index is 0.685. The summed E-state index contributed by atoms with van der Waals surface area (Å²) in [4.78, 5) is 3.98. The van der Waals surface area contributed by atoms with E-state index in [4.69, 9.17) is 0 Å². The molecule has 0 aliphatic heterocycles. The van der Waals surface area contributed by atoms with E-state index in [-0.39, 0.29) is 0 Å². The van der Waals surface area contributed by atoms with Crippen molar-refractivity contribution in [2.75, 3.05) is 0 Å². The molecule has 1 heteroatoms. The molecule has 0 atom stereocenters. The van der Waals surface area contributed by atoms with Gasteiger partial charge >= 0.3 is 0 Å². The van der Waals surface area contributed by atoms with Crippen LogP contribution in [0.15, 0.2) is 48.7 Å². The number of pyridine rings is 1. The van der Waals surface area contributed by atoms with Crippen molar-refractivity contribution in [3.05, 3.63) is 54.4 Å². The average Bonchev–Trinajstić information content (AvgIpc) is 2.58. The fraction of sp³-hybridized carbons (Fsp3) is 0.250. The van der Waals surface area contributed by atoms with Crippen LogP contribution < -0.4 is 0 Å². The molecule has 1 aliphatic rings. The van der Waals surface area contributed by atoms with E-state index < -0.39 is 0 Å². The molecule has 0 radical (unpaired) electrons. The summed E-state index contributed by atoms with van der Waals surface area (Å²) in [5.41, 5.74) is 1.07. The summed E-state index contributed by atoms with van der Waals surface area (Å²) >= 11 is 0. The Balaban J connectivity index is 0.000000132. The molecule has 13 heavy (non-hydrogen) atoms. The van der Waals surface area contributed by atoms with Gasteiger partial charge in [-0.25, -0.2) is 0 Å². The molecule has 2 rings (SSSR count). The highest BCUT2D eigenvalue weighted by atomic mass is 14.6. The van der Waals surface area contributed by atoms with Gasteiger partial charge in [0, 0.05) is 11.9 Å². The lowest BCUT2D eigenvalue weighted by Gasteiger charge is -1.84. The summed E-state index contributed by atoms with van der Waals surface area (Å²) in [5.74, 6) is 0.685. The molecule has 0 aromatic carbocycles. The van der Waals surface area contributed by atoms with E-state index in [0.29, 0.717) is 5.92 Å². The molecule has 0 saturated heterocycles. The third kappa shape index (κ3) is 4.26. The molecule has 0 fully saturated rings. The molecule has 1 aliphatic carbocycles. The minimum Gasteiger partial charge on any atom is -0.262 e. The van der Waals surface area contributed by atoms with Gasteiger partial charge in [-0.15, -0.1) is 0 Å². The zero-order valence-corrected chi connectivity index (χ0v) is 8.14. The first-order chi connectivity index (χ1) is 6.29. The van der Waals surface area contributed by atoms with Crippen molar-refractivity contribution < 1.29 is 0 Å². The van der Waals surface area contributed by atoms with Gasteiger partial charge in [0.25, 0.3) is 0 Å². The number of nitrogens with zero attached hydrogens (tertiary/aromatic N) is 1. The predicted octanol–water partition coefficient (Wildman–Crippen LogP) is 3.14. The predicted molar refractivity (Wildman–Crippen MR) is 56.4 cm³/mol. The Morgan fingerprint density at radius 3 is 2.08 bits per heavy atom. The Morgan fingerprint density at radius 1 is 1.15 bits per heavy atom. The largest absolute Gasteiger partial charge is 0.262 e. The Bertz CT molecular complexity index is 273. The smallest absolute Gasteiger partial charge is 0.0372 e. The highest BCUT2D eigenvalue weighted by Gasteiger charge is 1.89. The Morgan fingerprint density at radius 2 is 1.85 bits per heavy atom. The third-order valence-corrected chi connectivity index (χ3v) is 1.75. The minimum atomic E-state index is 0.685. The van der Waals surface area contributed by atoms with E-state index in [9.17, 15) is 0 Å². The molecular weight excluding hydrogens is 158 g/mol. The van der Waals surface area contributed by atoms with Crippen molar-refractivity contribution in [2.24, 2.45) is 5.92 Å². The number of hydrogen-bond acceptors (Lipinski definition) is 1. The third-order valence-electron chi connectivity index (χ3n) is 1.75. The first-order valence-corrected chi connectivity index (χ1v) is 4.51. The molecule has 0 N–H and O–H groups in total. The molecule has 0 spiro atoms. The molecule has 0 bridgehead atoms. The summed E-state index contributed by atoms with van der Waals surface area (Å²) < 4.78 is 0. The molecule has 1 aromatic rings. The normalized spacial score (nSPS) is 14.0. The van der Waals surface area contributed by atoms with Crippen LogP contribution in [-0.2, 0) is 0 Å². The maximum Gasteiger partial charge on any atom is 0.0372 e. The fourth-order valence-corrected chi connectivity index (χ4v) is 0.991. The van der Waals surface area contributed by atoms with E-state index >= 15 is 0 Å². The standard InChI is InChI=1S/C6H7N.C6H8/c1-6-4-2-3-5-7-6;1-6-4-2-3-5-6/h2-5H,1H3;2-6H,1H3. The van der Waals surface area contributed by atoms with Crippen LogP contribution in [0.1, 0.15) is 12.6 Å². The van der Waals surface area contributed by atoms with Crippen molar-refractivity contribution in [2.45, 2.75) is 13.8 Å². The highest BCUT2D eigenvalue weighted by molar-refractivity contribution is 5.15. The molecule has 1 heterocycles. The van der Waals surface area contributed by atoms with Crippen LogP contribution in [0.25, 0.3) is 0 Å². The van der Waals surface area contributed by atoms with Gasteiger partial charge in [0.2, 0.25) is 0 Å². The molecule has 0 saturated carbocycles. The number of aryl methyl sites for hydroxylation is 1. The fourth-order valence-electron chi connectivity index (χ4n) is 0.991. The lowest BCUT2D eigenvalue weighted by atomic mass is 10.2. The Labute approximate surface area is 79.8 Å². The second-order valence-electron chi connectivity index (χ2n) is 3.10. The maximum atomic E-state index is 3.98. The quantitative estimate of drug-likeness (QED) is 0.587. The summed E-state index contributed by atoms with van der Waals surface area (Å²) in [6.45, 7) is 4.14. The van der Waals surface area contributed by atoms with E-state index in [1.807, 2.05) is 25.1 Å². The van der Waals surface area contributed by atoms with Gasteiger partial charge in [-0.1, -0.05) is 37.3 Å². The number of rotatable bonds is 0. The summed E-state index contributed by atoms with van der Waals surface area (Å²) in [6.07, 6.45) is 10.3. The Kier molecular flexibility index (Phi) is 3.97. The number of aromatic nitrogens is 1. The van der Waals surface area contributed by atoms with Crippen molar-refractivity contribution >= 4 is 0 Å². The number of allylic oxidation sites excluding steroid dienone is 4. The molecular formula is C12H15N. The van der Waals surface area contributed by atoms with Gasteiger partial charge in [-0.05, 0) is 25.0 Å². The lowest BCUT2D eigenvalue weighted by Crippen LogP contribution is -1.72. The van der Waals surface area contributed by atoms with E-state index in [1.54, 1.807) is 6.20 Å². The molecule has 68 valence electrons. The van der Waals surface area contributed by atoms with E-state index in [0.717, 1.165) is 5.69 Å². The van der Waals surface area contributed by atoms with E-state index in [2.05, 4.69) is 36.2 Å². The summed E-state index contributed by atoms with van der Waals surface area (Å²) in [7, 11) is 0. The van der Waals surface area contributed by atoms with Crippen LogP contribution in [0.3, 0.4) is 0 Å². The second kappa shape index (κ2) is 5.31. The second-order valence-corrected chi connectivity index (χ2v) is 3.10. The maximum absolute atomic E-state index is 3.98. The summed E-state index contributed by atoms with van der Waals surface area (Å²) in [6, 6.07) is 5.86. The van der Waals surface area contributed by atoms with Crippen LogP contribution >= 0.6 is 0 Å². The van der Waals surface area contributed by atoms with Gasteiger partial charge in [0.05, 0.1) is 0 Å². The van der Waals surface area contributed by atoms with Crippen molar-refractivity contribution in [1.29, 1.82) is 0 Å². The summed E-state index contributed by atoms with van der Waals surface area (Å²) in [5, 5.41) is 0. The zero-order valence-electron chi connectivity index (χ0n) is 8.14. The van der Waals surface area contributed by atoms with Crippen LogP contribution in [0.5, 0.6) is 0 Å². The first kappa shape index (κ1) is 9.72. The van der Waals surface area contributed by atoms with Gasteiger partial charge in [-0.2, -0.15) is 0 Å². The van der Waals surface area contributed by atoms with Gasteiger partial charge < -0.3 is 0 Å². The van der Waals surface area contributed by atoms with E-state index in [1.165, 1.54) is 0 Å². The van der Waals surface area contributed by atoms with Crippen molar-refractivity contribution in [3.8, 4) is 0 Å². The van der Waals surface area contributed by atoms with Crippen LogP contribution in [0, 0.1) is 12.8 Å². The van der Waals surface area contributed by atoms with Gasteiger partial charge in [0.1, 0.15) is 0 Å². The van der Waals surface area contributed by atoms with Crippen LogP contribution in [0.2, 0.25) is 0 Å². The monoisotopic (exact) mass is 173 g/mol. The van der Waals surface area contributed by atoms with Crippen LogP contribution in [0.4, 0.5) is 0 Å². The first-order valence-electron chi connectivity index (χ1n) is 4.51. The molecule has 1 nitrogen and oxygen atoms in total. The topological polar surface area (TPSA) is 12.9 Å². The number of hydrogen-bond donors (Lipinski definition) is 0. The average molecular weight is 173 g/mol. The van der Waals surface area contributed by atoms with Gasteiger partial charge in [-0.3, -0.25) is 4.98 Å². The SMILES string of the molecule is CC1C=CC=C1.Cc1ccccn1. The molecule has 0 amide bonds. The van der Waals surface area contributed by atoms with Crippen LogP contribution in [-0.4, -0.2) is 4.98 Å². The molecule has 0 unspecified atom stereocenters.